The Balaban J connectivity index is 1.96. The van der Waals surface area contributed by atoms with Crippen molar-refractivity contribution in [3.8, 4) is 0 Å². The van der Waals surface area contributed by atoms with Crippen molar-refractivity contribution in [1.82, 2.24) is 0 Å². The van der Waals surface area contributed by atoms with Crippen LogP contribution in [0.25, 0.3) is 0 Å². The van der Waals surface area contributed by atoms with Crippen LogP contribution in [-0.4, -0.2) is 12.5 Å². The van der Waals surface area contributed by atoms with Gasteiger partial charge in [0.2, 0.25) is 5.91 Å². The molecule has 1 aliphatic heterocycles. The van der Waals surface area contributed by atoms with E-state index in [1.54, 1.807) is 24.3 Å². The summed E-state index contributed by atoms with van der Waals surface area (Å²) in [6, 6.07) is 12.0. The van der Waals surface area contributed by atoms with E-state index in [0.717, 1.165) is 24.1 Å². The number of hydrogen-bond donors (Lipinski definition) is 0. The van der Waals surface area contributed by atoms with Crippen LogP contribution < -0.4 is 4.90 Å². The van der Waals surface area contributed by atoms with E-state index in [2.05, 4.69) is 0 Å². The number of benzene rings is 2. The molecule has 1 heterocycles. The number of hydrogen-bond acceptors (Lipinski definition) is 1. The van der Waals surface area contributed by atoms with Gasteiger partial charge in [0.15, 0.2) is 0 Å². The smallest absolute Gasteiger partial charge is 0.312 e. The predicted molar refractivity (Wildman–Crippen MR) is 91.8 cm³/mol. The number of rotatable bonds is 3. The fourth-order valence-electron chi connectivity index (χ4n) is 3.36. The van der Waals surface area contributed by atoms with Gasteiger partial charge in [0, 0.05) is 17.3 Å². The van der Waals surface area contributed by atoms with Gasteiger partial charge in [-0.15, -0.1) is 0 Å². The van der Waals surface area contributed by atoms with E-state index in [0.29, 0.717) is 11.6 Å². The van der Waals surface area contributed by atoms with E-state index in [4.69, 9.17) is 11.6 Å². The second kappa shape index (κ2) is 6.71. The molecule has 25 heavy (non-hydrogen) atoms. The molecule has 0 aromatic heterocycles. The van der Waals surface area contributed by atoms with E-state index in [9.17, 15) is 18.0 Å². The van der Waals surface area contributed by atoms with Crippen molar-refractivity contribution in [2.24, 2.45) is 5.92 Å². The summed E-state index contributed by atoms with van der Waals surface area (Å²) in [7, 11) is 0. The van der Waals surface area contributed by atoms with Crippen molar-refractivity contribution in [3.63, 3.8) is 0 Å². The summed E-state index contributed by atoms with van der Waals surface area (Å²) in [5, 5.41) is 0.540. The highest BCUT2D eigenvalue weighted by atomic mass is 35.5. The zero-order valence-electron chi connectivity index (χ0n) is 13.6. The minimum Gasteiger partial charge on any atom is -0.312 e. The van der Waals surface area contributed by atoms with Gasteiger partial charge in [-0.2, -0.15) is 13.2 Å². The molecule has 2 aromatic carbocycles. The molecule has 132 valence electrons. The summed E-state index contributed by atoms with van der Waals surface area (Å²) in [5.74, 6) is -0.549. The molecule has 0 saturated carbocycles. The van der Waals surface area contributed by atoms with E-state index in [1.807, 2.05) is 13.0 Å². The first kappa shape index (κ1) is 17.8. The van der Waals surface area contributed by atoms with Crippen molar-refractivity contribution in [2.45, 2.75) is 25.4 Å². The molecule has 1 saturated heterocycles. The van der Waals surface area contributed by atoms with Crippen LogP contribution in [0.5, 0.6) is 0 Å². The van der Waals surface area contributed by atoms with Gasteiger partial charge in [-0.1, -0.05) is 43.1 Å². The number of nitrogens with zero attached hydrogens (tertiary/aromatic N) is 1. The molecule has 1 fully saturated rings. The van der Waals surface area contributed by atoms with Crippen LogP contribution in [0.1, 0.15) is 30.4 Å². The minimum atomic E-state index is -4.44. The molecule has 0 spiro atoms. The Hall–Kier alpha value is -2.01. The second-order valence-corrected chi connectivity index (χ2v) is 6.63. The summed E-state index contributed by atoms with van der Waals surface area (Å²) in [5.41, 5.74) is 0.332. The lowest BCUT2D eigenvalue weighted by atomic mass is 9.87. The minimum absolute atomic E-state index is 0.0282. The van der Waals surface area contributed by atoms with Crippen LogP contribution in [0.3, 0.4) is 0 Å². The third-order valence-corrected chi connectivity index (χ3v) is 4.87. The van der Waals surface area contributed by atoms with Crippen LogP contribution in [0.2, 0.25) is 5.02 Å². The summed E-state index contributed by atoms with van der Waals surface area (Å²) in [4.78, 5) is 14.4. The molecule has 0 radical (unpaired) electrons. The Kier molecular flexibility index (Phi) is 4.78. The third kappa shape index (κ3) is 3.52. The maximum Gasteiger partial charge on any atom is 0.416 e. The largest absolute Gasteiger partial charge is 0.416 e. The molecular weight excluding hydrogens is 351 g/mol. The van der Waals surface area contributed by atoms with Gasteiger partial charge in [0.25, 0.3) is 0 Å². The zero-order chi connectivity index (χ0) is 18.2. The van der Waals surface area contributed by atoms with Crippen molar-refractivity contribution in [1.29, 1.82) is 0 Å². The highest BCUT2D eigenvalue weighted by molar-refractivity contribution is 6.30. The van der Waals surface area contributed by atoms with Crippen LogP contribution in [-0.2, 0) is 11.0 Å². The molecule has 0 aliphatic carbocycles. The van der Waals surface area contributed by atoms with Crippen molar-refractivity contribution < 1.29 is 18.0 Å². The highest BCUT2D eigenvalue weighted by Crippen LogP contribution is 2.40. The average Bonchev–Trinajstić information content (AvgIpc) is 2.91. The van der Waals surface area contributed by atoms with Crippen molar-refractivity contribution >= 4 is 23.2 Å². The van der Waals surface area contributed by atoms with Crippen LogP contribution in [0.4, 0.5) is 18.9 Å². The maximum atomic E-state index is 13.0. The van der Waals surface area contributed by atoms with Crippen molar-refractivity contribution in [3.05, 3.63) is 64.7 Å². The van der Waals surface area contributed by atoms with E-state index >= 15 is 0 Å². The van der Waals surface area contributed by atoms with E-state index in [1.165, 1.54) is 11.0 Å². The van der Waals surface area contributed by atoms with Gasteiger partial charge in [-0.25, -0.2) is 0 Å². The molecule has 3 rings (SSSR count). The fourth-order valence-corrected chi connectivity index (χ4v) is 3.56. The molecule has 2 aromatic rings. The normalized spacial score (nSPS) is 21.0. The molecule has 6 heteroatoms. The standard InChI is InChI=1S/C19H17ClF3NO/c1-2-12-11-24(16-8-4-6-14(10-16)19(21,22)23)18(25)17(12)13-5-3-7-15(20)9-13/h3-10,12,17H,2,11H2,1H3. The monoisotopic (exact) mass is 367 g/mol. The summed E-state index contributed by atoms with van der Waals surface area (Å²) in [6.07, 6.45) is -3.69. The molecule has 0 N–H and O–H groups in total. The van der Waals surface area contributed by atoms with Gasteiger partial charge in [-0.05, 0) is 41.8 Å². The number of alkyl halides is 3. The Bertz CT molecular complexity index is 790. The Morgan fingerprint density at radius 1 is 1.16 bits per heavy atom. The lowest BCUT2D eigenvalue weighted by Gasteiger charge is -2.18. The van der Waals surface area contributed by atoms with E-state index < -0.39 is 17.7 Å². The topological polar surface area (TPSA) is 20.3 Å². The zero-order valence-corrected chi connectivity index (χ0v) is 14.3. The first-order valence-electron chi connectivity index (χ1n) is 8.05. The molecular formula is C19H17ClF3NO. The van der Waals surface area contributed by atoms with E-state index in [-0.39, 0.29) is 17.5 Å². The number of carbonyl (C=O) groups excluding carboxylic acids is 1. The van der Waals surface area contributed by atoms with Crippen LogP contribution in [0.15, 0.2) is 48.5 Å². The number of amides is 1. The quantitative estimate of drug-likeness (QED) is 0.700. The number of carbonyl (C=O) groups is 1. The SMILES string of the molecule is CCC1CN(c2cccc(C(F)(F)F)c2)C(=O)C1c1cccc(Cl)c1. The van der Waals surface area contributed by atoms with Gasteiger partial charge in [0.1, 0.15) is 0 Å². The average molecular weight is 368 g/mol. The third-order valence-electron chi connectivity index (χ3n) is 4.64. The molecule has 1 aliphatic rings. The van der Waals surface area contributed by atoms with Gasteiger partial charge in [-0.3, -0.25) is 4.79 Å². The molecule has 1 amide bonds. The summed E-state index contributed by atoms with van der Waals surface area (Å²) < 4.78 is 38.9. The lowest BCUT2D eigenvalue weighted by Crippen LogP contribution is -2.26. The first-order valence-corrected chi connectivity index (χ1v) is 8.43. The molecule has 2 unspecified atom stereocenters. The Morgan fingerprint density at radius 2 is 1.88 bits per heavy atom. The van der Waals surface area contributed by atoms with Crippen LogP contribution >= 0.6 is 11.6 Å². The van der Waals surface area contributed by atoms with Gasteiger partial charge in [0.05, 0.1) is 11.5 Å². The predicted octanol–water partition coefficient (Wildman–Crippen LogP) is 5.52. The molecule has 2 atom stereocenters. The van der Waals surface area contributed by atoms with Crippen LogP contribution in [0, 0.1) is 5.92 Å². The number of halogens is 4. The summed E-state index contributed by atoms with van der Waals surface area (Å²) in [6.45, 7) is 2.37. The molecule has 2 nitrogen and oxygen atoms in total. The fraction of sp³-hybridized carbons (Fsp3) is 0.316. The van der Waals surface area contributed by atoms with Crippen molar-refractivity contribution in [2.75, 3.05) is 11.4 Å². The highest BCUT2D eigenvalue weighted by Gasteiger charge is 2.41. The molecule has 0 bridgehead atoms. The van der Waals surface area contributed by atoms with Gasteiger partial charge >= 0.3 is 6.18 Å². The Morgan fingerprint density at radius 3 is 2.52 bits per heavy atom. The van der Waals surface area contributed by atoms with Gasteiger partial charge < -0.3 is 4.90 Å². The Labute approximate surface area is 149 Å². The number of anilines is 1. The maximum absolute atomic E-state index is 13.0. The first-order chi connectivity index (χ1) is 11.8. The second-order valence-electron chi connectivity index (χ2n) is 6.20. The summed E-state index contributed by atoms with van der Waals surface area (Å²) >= 11 is 6.04. The lowest BCUT2D eigenvalue weighted by molar-refractivity contribution is -0.137.